The first-order chi connectivity index (χ1) is 18.6. The number of aromatic nitrogens is 1. The average molecular weight is 636 g/mol. The summed E-state index contributed by atoms with van der Waals surface area (Å²) in [6.45, 7) is 5.65. The van der Waals surface area contributed by atoms with Crippen LogP contribution < -0.4 is 31.6 Å². The highest BCUT2D eigenvalue weighted by molar-refractivity contribution is 7.09. The number of hydrogen-bond acceptors (Lipinski definition) is 3. The molecule has 214 valence electrons. The van der Waals surface area contributed by atoms with Crippen LogP contribution in [0.3, 0.4) is 0 Å². The summed E-state index contributed by atoms with van der Waals surface area (Å²) in [6.07, 6.45) is 17.8. The molecule has 1 amide bonds. The van der Waals surface area contributed by atoms with Gasteiger partial charge in [-0.25, -0.2) is 0 Å². The van der Waals surface area contributed by atoms with Gasteiger partial charge in [0.15, 0.2) is 12.7 Å². The van der Waals surface area contributed by atoms with Crippen LogP contribution in [0.15, 0.2) is 54.0 Å². The Bertz CT molecular complexity index is 1120. The highest BCUT2D eigenvalue weighted by atomic mass is 79.9. The van der Waals surface area contributed by atoms with Crippen molar-refractivity contribution in [3.8, 4) is 5.75 Å². The van der Waals surface area contributed by atoms with Crippen molar-refractivity contribution >= 4 is 34.5 Å². The Hall–Kier alpha value is -1.89. The van der Waals surface area contributed by atoms with E-state index in [-0.39, 0.29) is 22.9 Å². The number of ether oxygens (including phenoxy) is 1. The maximum Gasteiger partial charge on any atom is 0.256 e. The summed E-state index contributed by atoms with van der Waals surface area (Å²) in [5.41, 5.74) is 2.33. The first-order valence-corrected chi connectivity index (χ1v) is 15.6. The second kappa shape index (κ2) is 19.2. The van der Waals surface area contributed by atoms with E-state index < -0.39 is 0 Å². The second-order valence-corrected chi connectivity index (χ2v) is 11.5. The number of thiazole rings is 1. The van der Waals surface area contributed by atoms with Gasteiger partial charge in [0.05, 0.1) is 17.0 Å². The van der Waals surface area contributed by atoms with Gasteiger partial charge in [0.25, 0.3) is 5.91 Å². The number of benzene rings is 2. The Morgan fingerprint density at radius 2 is 1.56 bits per heavy atom. The molecular formula is C32H44BrClN2O2S. The van der Waals surface area contributed by atoms with Crippen LogP contribution in [-0.4, -0.2) is 12.5 Å². The van der Waals surface area contributed by atoms with E-state index in [1.54, 1.807) is 17.4 Å². The number of nitrogens with zero attached hydrogens (tertiary/aromatic N) is 1. The fraction of sp³-hybridized carbons (Fsp3) is 0.500. The van der Waals surface area contributed by atoms with E-state index in [4.69, 9.17) is 16.3 Å². The molecule has 0 atom stereocenters. The summed E-state index contributed by atoms with van der Waals surface area (Å²) >= 11 is 8.08. The van der Waals surface area contributed by atoms with Crippen LogP contribution in [0, 0.1) is 6.92 Å². The van der Waals surface area contributed by atoms with Crippen molar-refractivity contribution in [2.75, 3.05) is 11.9 Å². The van der Waals surface area contributed by atoms with Gasteiger partial charge < -0.3 is 27.0 Å². The zero-order valence-corrected chi connectivity index (χ0v) is 26.7. The predicted octanol–water partition coefficient (Wildman–Crippen LogP) is 6.38. The Morgan fingerprint density at radius 1 is 0.923 bits per heavy atom. The normalized spacial score (nSPS) is 10.7. The van der Waals surface area contributed by atoms with Crippen LogP contribution in [-0.2, 0) is 6.54 Å². The van der Waals surface area contributed by atoms with Gasteiger partial charge >= 0.3 is 0 Å². The molecule has 0 aliphatic carbocycles. The second-order valence-electron chi connectivity index (χ2n) is 10.0. The quantitative estimate of drug-likeness (QED) is 0.130. The maximum atomic E-state index is 13.1. The number of anilines is 1. The molecule has 3 rings (SSSR count). The van der Waals surface area contributed by atoms with Crippen molar-refractivity contribution in [3.63, 3.8) is 0 Å². The Balaban J connectivity index is 0.00000533. The molecule has 0 saturated heterocycles. The molecule has 2 aromatic carbocycles. The van der Waals surface area contributed by atoms with Gasteiger partial charge in [-0.05, 0) is 24.6 Å². The van der Waals surface area contributed by atoms with Crippen molar-refractivity contribution in [2.45, 2.75) is 97.4 Å². The molecule has 4 nitrogen and oxygen atoms in total. The van der Waals surface area contributed by atoms with Crippen LogP contribution in [0.1, 0.15) is 105 Å². The summed E-state index contributed by atoms with van der Waals surface area (Å²) in [7, 11) is 0. The van der Waals surface area contributed by atoms with Gasteiger partial charge in [-0.2, -0.15) is 4.57 Å². The monoisotopic (exact) mass is 634 g/mol. The van der Waals surface area contributed by atoms with E-state index in [1.807, 2.05) is 42.6 Å². The molecular weight excluding hydrogens is 592 g/mol. The zero-order chi connectivity index (χ0) is 27.0. The predicted molar refractivity (Wildman–Crippen MR) is 161 cm³/mol. The number of rotatable bonds is 18. The first-order valence-electron chi connectivity index (χ1n) is 14.3. The van der Waals surface area contributed by atoms with Crippen molar-refractivity contribution in [1.82, 2.24) is 0 Å². The highest BCUT2D eigenvalue weighted by Crippen LogP contribution is 2.28. The fourth-order valence-electron chi connectivity index (χ4n) is 4.62. The Labute approximate surface area is 254 Å². The molecule has 0 bridgehead atoms. The molecule has 0 fully saturated rings. The molecule has 0 aliphatic rings. The number of hydrogen-bond donors (Lipinski definition) is 1. The maximum absolute atomic E-state index is 13.1. The summed E-state index contributed by atoms with van der Waals surface area (Å²) in [5.74, 6) is 0.480. The van der Waals surface area contributed by atoms with E-state index in [2.05, 4.69) is 29.1 Å². The van der Waals surface area contributed by atoms with Crippen molar-refractivity contribution in [1.29, 1.82) is 0 Å². The molecule has 0 saturated carbocycles. The smallest absolute Gasteiger partial charge is 0.256 e. The third-order valence-corrected chi connectivity index (χ3v) is 8.08. The lowest BCUT2D eigenvalue weighted by Crippen LogP contribution is -3.00. The molecule has 39 heavy (non-hydrogen) atoms. The van der Waals surface area contributed by atoms with Crippen molar-refractivity contribution < 1.29 is 31.1 Å². The van der Waals surface area contributed by atoms with Crippen LogP contribution in [0.5, 0.6) is 5.75 Å². The van der Waals surface area contributed by atoms with Crippen LogP contribution in [0.25, 0.3) is 0 Å². The third-order valence-electron chi connectivity index (χ3n) is 6.93. The van der Waals surface area contributed by atoms with Crippen LogP contribution in [0.2, 0.25) is 5.02 Å². The lowest BCUT2D eigenvalue weighted by molar-refractivity contribution is -0.689. The molecule has 1 heterocycles. The molecule has 0 radical (unpaired) electrons. The summed E-state index contributed by atoms with van der Waals surface area (Å²) in [6, 6.07) is 13.2. The van der Waals surface area contributed by atoms with Gasteiger partial charge in [-0.15, -0.1) is 0 Å². The van der Waals surface area contributed by atoms with Crippen LogP contribution in [0.4, 0.5) is 5.69 Å². The zero-order valence-electron chi connectivity index (χ0n) is 23.5. The standard InChI is InChI=1S/C32H43ClN2O2S.BrH/c1-3-4-5-6-7-8-9-10-11-12-13-16-22-37-31-24-28(19-20-30(31)33)34-32(36)29-18-15-14-17-27(29)25-35-21-23-38-26(35)2;/h14-15,17-21,23-24H,3-13,16,22,25H2,1-2H3;1H. The number of carbonyl (C=O) groups excluding carboxylic acids is 1. The minimum atomic E-state index is -0.136. The van der Waals surface area contributed by atoms with Gasteiger partial charge in [0, 0.05) is 29.8 Å². The number of amides is 1. The first kappa shape index (κ1) is 33.3. The Morgan fingerprint density at radius 3 is 2.21 bits per heavy atom. The van der Waals surface area contributed by atoms with E-state index in [0.717, 1.165) is 12.0 Å². The molecule has 0 aliphatic heterocycles. The Kier molecular flexibility index (Phi) is 16.4. The number of nitrogens with one attached hydrogen (secondary N) is 1. The van der Waals surface area contributed by atoms with Crippen molar-refractivity contribution in [2.24, 2.45) is 0 Å². The molecule has 0 spiro atoms. The van der Waals surface area contributed by atoms with E-state index in [9.17, 15) is 4.79 Å². The van der Waals surface area contributed by atoms with Gasteiger partial charge in [0.2, 0.25) is 5.01 Å². The number of aryl methyl sites for hydroxylation is 1. The van der Waals surface area contributed by atoms with E-state index in [0.29, 0.717) is 35.2 Å². The molecule has 3 aromatic rings. The average Bonchev–Trinajstić information content (AvgIpc) is 3.32. The molecule has 1 aromatic heterocycles. The topological polar surface area (TPSA) is 42.2 Å². The number of unbranched alkanes of at least 4 members (excludes halogenated alkanes) is 11. The highest BCUT2D eigenvalue weighted by Gasteiger charge is 2.17. The van der Waals surface area contributed by atoms with Crippen molar-refractivity contribution in [3.05, 3.63) is 75.2 Å². The van der Waals surface area contributed by atoms with Crippen LogP contribution >= 0.6 is 22.9 Å². The summed E-state index contributed by atoms with van der Waals surface area (Å²) < 4.78 is 8.13. The van der Waals surface area contributed by atoms with Gasteiger partial charge in [0.1, 0.15) is 5.75 Å². The number of carbonyl (C=O) groups is 1. The van der Waals surface area contributed by atoms with Gasteiger partial charge in [-0.3, -0.25) is 4.79 Å². The van der Waals surface area contributed by atoms with E-state index >= 15 is 0 Å². The SMILES string of the molecule is CCCCCCCCCCCCCCOc1cc(NC(=O)c2ccccc2C[n+]2ccsc2C)ccc1Cl.[Br-]. The molecule has 1 N–H and O–H groups in total. The van der Waals surface area contributed by atoms with Gasteiger partial charge in [-0.1, -0.05) is 119 Å². The lowest BCUT2D eigenvalue weighted by Gasteiger charge is -2.12. The van der Waals surface area contributed by atoms with E-state index in [1.165, 1.54) is 75.6 Å². The molecule has 0 unspecified atom stereocenters. The summed E-state index contributed by atoms with van der Waals surface area (Å²) in [4.78, 5) is 13.1. The minimum Gasteiger partial charge on any atom is -1.00 e. The third kappa shape index (κ3) is 12.0. The number of halogens is 2. The largest absolute Gasteiger partial charge is 1.00 e. The lowest BCUT2D eigenvalue weighted by atomic mass is 10.1. The minimum absolute atomic E-state index is 0. The fourth-order valence-corrected chi connectivity index (χ4v) is 5.46. The molecule has 7 heteroatoms. The summed E-state index contributed by atoms with van der Waals surface area (Å²) in [5, 5.41) is 6.85.